The normalized spacial score (nSPS) is 23.8. The number of hydrogen-bond acceptors (Lipinski definition) is 3. The Hall–Kier alpha value is -0.510. The summed E-state index contributed by atoms with van der Waals surface area (Å²) < 4.78 is 0. The molecule has 0 amide bonds. The topological polar surface area (TPSA) is 32.3 Å². The highest BCUT2D eigenvalue weighted by molar-refractivity contribution is 8.00. The molecule has 0 radical (unpaired) electrons. The van der Waals surface area contributed by atoms with Crippen molar-refractivity contribution in [1.82, 2.24) is 5.32 Å². The molecule has 2 atom stereocenters. The molecule has 1 fully saturated rings. The van der Waals surface area contributed by atoms with Crippen molar-refractivity contribution in [2.75, 3.05) is 0 Å². The Labute approximate surface area is 114 Å². The molecule has 0 aliphatic heterocycles. The lowest BCUT2D eigenvalue weighted by atomic mass is 10.2. The van der Waals surface area contributed by atoms with E-state index in [4.69, 9.17) is 0 Å². The van der Waals surface area contributed by atoms with Crippen molar-refractivity contribution < 1.29 is 5.11 Å². The fourth-order valence-electron chi connectivity index (χ4n) is 2.27. The van der Waals surface area contributed by atoms with Crippen LogP contribution in [0.25, 0.3) is 0 Å². The molecule has 2 rings (SSSR count). The molecule has 0 bridgehead atoms. The minimum atomic E-state index is -0.118. The van der Waals surface area contributed by atoms with Crippen LogP contribution in [-0.4, -0.2) is 22.5 Å². The molecule has 2 nitrogen and oxygen atoms in total. The van der Waals surface area contributed by atoms with Crippen LogP contribution < -0.4 is 5.32 Å². The molecule has 1 aliphatic carbocycles. The second kappa shape index (κ2) is 6.60. The standard InChI is InChI=1S/C15H23NOS/c1-11(2)16-10-12-5-3-6-13(9-12)18-15-8-4-7-14(15)17/h3,5-6,9,11,14-17H,4,7-8,10H2,1-2H3. The zero-order valence-corrected chi connectivity index (χ0v) is 12.0. The molecular weight excluding hydrogens is 242 g/mol. The van der Waals surface area contributed by atoms with Crippen LogP contribution in [-0.2, 0) is 6.54 Å². The average molecular weight is 265 g/mol. The van der Waals surface area contributed by atoms with Gasteiger partial charge in [0, 0.05) is 22.7 Å². The highest BCUT2D eigenvalue weighted by Gasteiger charge is 2.25. The van der Waals surface area contributed by atoms with Gasteiger partial charge in [-0.25, -0.2) is 0 Å². The first kappa shape index (κ1) is 13.9. The largest absolute Gasteiger partial charge is 0.392 e. The van der Waals surface area contributed by atoms with Gasteiger partial charge in [-0.05, 0) is 37.0 Å². The monoisotopic (exact) mass is 265 g/mol. The molecule has 2 unspecified atom stereocenters. The Kier molecular flexibility index (Phi) is 5.10. The lowest BCUT2D eigenvalue weighted by molar-refractivity contribution is 0.188. The van der Waals surface area contributed by atoms with Gasteiger partial charge >= 0.3 is 0 Å². The molecule has 0 saturated heterocycles. The summed E-state index contributed by atoms with van der Waals surface area (Å²) in [5, 5.41) is 13.7. The van der Waals surface area contributed by atoms with Crippen molar-refractivity contribution in [2.24, 2.45) is 0 Å². The van der Waals surface area contributed by atoms with E-state index in [2.05, 4.69) is 43.4 Å². The summed E-state index contributed by atoms with van der Waals surface area (Å²) in [5.41, 5.74) is 1.32. The zero-order chi connectivity index (χ0) is 13.0. The number of nitrogens with one attached hydrogen (secondary N) is 1. The van der Waals surface area contributed by atoms with Gasteiger partial charge in [0.15, 0.2) is 0 Å². The first-order chi connectivity index (χ1) is 8.65. The van der Waals surface area contributed by atoms with Crippen LogP contribution in [0.2, 0.25) is 0 Å². The smallest absolute Gasteiger partial charge is 0.0662 e. The Morgan fingerprint density at radius 3 is 2.89 bits per heavy atom. The molecule has 0 aromatic heterocycles. The number of hydrogen-bond donors (Lipinski definition) is 2. The number of rotatable bonds is 5. The predicted octanol–water partition coefficient (Wildman–Crippen LogP) is 3.19. The van der Waals surface area contributed by atoms with Crippen LogP contribution in [0.15, 0.2) is 29.2 Å². The van der Waals surface area contributed by atoms with E-state index in [9.17, 15) is 5.11 Å². The van der Waals surface area contributed by atoms with Gasteiger partial charge in [-0.3, -0.25) is 0 Å². The third-order valence-electron chi connectivity index (χ3n) is 3.32. The lowest BCUT2D eigenvalue weighted by Gasteiger charge is -2.15. The summed E-state index contributed by atoms with van der Waals surface area (Å²) in [7, 11) is 0. The molecule has 18 heavy (non-hydrogen) atoms. The molecular formula is C15H23NOS. The van der Waals surface area contributed by atoms with Gasteiger partial charge in [-0.2, -0.15) is 0 Å². The van der Waals surface area contributed by atoms with Crippen molar-refractivity contribution in [2.45, 2.75) is 61.9 Å². The summed E-state index contributed by atoms with van der Waals surface area (Å²) in [4.78, 5) is 1.28. The molecule has 100 valence electrons. The summed E-state index contributed by atoms with van der Waals surface area (Å²) in [6.07, 6.45) is 3.15. The van der Waals surface area contributed by atoms with Crippen LogP contribution in [0.1, 0.15) is 38.7 Å². The van der Waals surface area contributed by atoms with Gasteiger partial charge in [0.05, 0.1) is 6.10 Å². The number of aliphatic hydroxyl groups is 1. The van der Waals surface area contributed by atoms with Gasteiger partial charge < -0.3 is 10.4 Å². The van der Waals surface area contributed by atoms with Gasteiger partial charge in [0.1, 0.15) is 0 Å². The molecule has 1 aromatic rings. The Bertz CT molecular complexity index is 381. The van der Waals surface area contributed by atoms with Crippen molar-refractivity contribution in [3.8, 4) is 0 Å². The molecule has 1 saturated carbocycles. The van der Waals surface area contributed by atoms with E-state index in [1.165, 1.54) is 10.5 Å². The highest BCUT2D eigenvalue weighted by atomic mass is 32.2. The fraction of sp³-hybridized carbons (Fsp3) is 0.600. The van der Waals surface area contributed by atoms with E-state index in [0.29, 0.717) is 11.3 Å². The van der Waals surface area contributed by atoms with Crippen molar-refractivity contribution in [1.29, 1.82) is 0 Å². The minimum absolute atomic E-state index is 0.118. The second-order valence-corrected chi connectivity index (χ2v) is 6.65. The lowest BCUT2D eigenvalue weighted by Crippen LogP contribution is -2.21. The van der Waals surface area contributed by atoms with E-state index in [-0.39, 0.29) is 6.10 Å². The van der Waals surface area contributed by atoms with E-state index < -0.39 is 0 Å². The maximum absolute atomic E-state index is 9.86. The predicted molar refractivity (Wildman–Crippen MR) is 77.9 cm³/mol. The molecule has 1 aliphatic rings. The molecule has 2 N–H and O–H groups in total. The van der Waals surface area contributed by atoms with E-state index in [0.717, 1.165) is 25.8 Å². The number of aliphatic hydroxyl groups excluding tert-OH is 1. The van der Waals surface area contributed by atoms with Crippen LogP contribution in [0.5, 0.6) is 0 Å². The van der Waals surface area contributed by atoms with E-state index >= 15 is 0 Å². The van der Waals surface area contributed by atoms with Gasteiger partial charge in [0.25, 0.3) is 0 Å². The van der Waals surface area contributed by atoms with Gasteiger partial charge in [-0.15, -0.1) is 11.8 Å². The Balaban J connectivity index is 1.94. The molecule has 3 heteroatoms. The zero-order valence-electron chi connectivity index (χ0n) is 11.2. The minimum Gasteiger partial charge on any atom is -0.392 e. The van der Waals surface area contributed by atoms with Crippen molar-refractivity contribution in [3.05, 3.63) is 29.8 Å². The Morgan fingerprint density at radius 1 is 1.39 bits per heavy atom. The van der Waals surface area contributed by atoms with Crippen LogP contribution in [0, 0.1) is 0 Å². The first-order valence-corrected chi connectivity index (χ1v) is 7.70. The van der Waals surface area contributed by atoms with Crippen molar-refractivity contribution in [3.63, 3.8) is 0 Å². The van der Waals surface area contributed by atoms with Crippen LogP contribution >= 0.6 is 11.8 Å². The highest BCUT2D eigenvalue weighted by Crippen LogP contribution is 2.35. The summed E-state index contributed by atoms with van der Waals surface area (Å²) >= 11 is 1.83. The van der Waals surface area contributed by atoms with Crippen LogP contribution in [0.3, 0.4) is 0 Å². The summed E-state index contributed by atoms with van der Waals surface area (Å²) in [5.74, 6) is 0. The third-order valence-corrected chi connectivity index (χ3v) is 4.70. The average Bonchev–Trinajstić information content (AvgIpc) is 2.73. The third kappa shape index (κ3) is 4.01. The molecule has 0 heterocycles. The van der Waals surface area contributed by atoms with Crippen LogP contribution in [0.4, 0.5) is 0 Å². The van der Waals surface area contributed by atoms with E-state index in [1.807, 2.05) is 11.8 Å². The first-order valence-electron chi connectivity index (χ1n) is 6.82. The molecule has 1 aromatic carbocycles. The Morgan fingerprint density at radius 2 is 2.22 bits per heavy atom. The molecule has 0 spiro atoms. The maximum Gasteiger partial charge on any atom is 0.0662 e. The summed E-state index contributed by atoms with van der Waals surface area (Å²) in [6.45, 7) is 5.24. The fourth-order valence-corrected chi connectivity index (χ4v) is 3.57. The van der Waals surface area contributed by atoms with E-state index in [1.54, 1.807) is 0 Å². The second-order valence-electron chi connectivity index (χ2n) is 5.34. The van der Waals surface area contributed by atoms with Gasteiger partial charge in [-0.1, -0.05) is 26.0 Å². The number of benzene rings is 1. The SMILES string of the molecule is CC(C)NCc1cccc(SC2CCCC2O)c1. The summed E-state index contributed by atoms with van der Waals surface area (Å²) in [6, 6.07) is 9.17. The number of thioether (sulfide) groups is 1. The van der Waals surface area contributed by atoms with Gasteiger partial charge in [0.2, 0.25) is 0 Å². The maximum atomic E-state index is 9.86. The quantitative estimate of drug-likeness (QED) is 0.857. The van der Waals surface area contributed by atoms with Crippen molar-refractivity contribution >= 4 is 11.8 Å².